The van der Waals surface area contributed by atoms with Crippen molar-refractivity contribution in [3.8, 4) is 0 Å². The fourth-order valence-corrected chi connectivity index (χ4v) is 3.02. The molecule has 4 rings (SSSR count). The fraction of sp³-hybridized carbons (Fsp3) is 0.278. The number of aromatic nitrogens is 5. The number of fused-ring (bicyclic) bond motifs is 1. The summed E-state index contributed by atoms with van der Waals surface area (Å²) in [5.74, 6) is -0.476. The van der Waals surface area contributed by atoms with Gasteiger partial charge in [-0.05, 0) is 31.2 Å². The van der Waals surface area contributed by atoms with E-state index in [-0.39, 0.29) is 24.2 Å². The van der Waals surface area contributed by atoms with Gasteiger partial charge in [0.25, 0.3) is 5.91 Å². The average Bonchev–Trinajstić information content (AvgIpc) is 3.39. The number of hydrogen-bond acceptors (Lipinski definition) is 6. The van der Waals surface area contributed by atoms with Crippen LogP contribution in [0.25, 0.3) is 0 Å². The Morgan fingerprint density at radius 1 is 1.17 bits per heavy atom. The molecule has 10 nitrogen and oxygen atoms in total. The lowest BCUT2D eigenvalue weighted by molar-refractivity contribution is -0.119. The van der Waals surface area contributed by atoms with Gasteiger partial charge in [-0.3, -0.25) is 14.7 Å². The van der Waals surface area contributed by atoms with Crippen LogP contribution >= 0.6 is 12.4 Å². The minimum atomic E-state index is -0.485. The summed E-state index contributed by atoms with van der Waals surface area (Å²) in [6.07, 6.45) is 3.71. The monoisotopic (exact) mass is 416 g/mol. The van der Waals surface area contributed by atoms with Gasteiger partial charge in [-0.25, -0.2) is 9.67 Å². The molecule has 11 heteroatoms. The Morgan fingerprint density at radius 2 is 1.90 bits per heavy atom. The number of anilines is 2. The second-order valence-electron chi connectivity index (χ2n) is 6.53. The van der Waals surface area contributed by atoms with E-state index in [9.17, 15) is 9.59 Å². The highest BCUT2D eigenvalue weighted by atomic mass is 35.5. The van der Waals surface area contributed by atoms with Crippen LogP contribution < -0.4 is 16.0 Å². The molecular formula is C18H21ClN8O2. The van der Waals surface area contributed by atoms with Crippen molar-refractivity contribution in [3.05, 3.63) is 53.9 Å². The summed E-state index contributed by atoms with van der Waals surface area (Å²) in [6.45, 7) is 3.24. The number of H-pyrrole nitrogens is 1. The van der Waals surface area contributed by atoms with Crippen LogP contribution in [0.5, 0.6) is 0 Å². The number of halogens is 1. The summed E-state index contributed by atoms with van der Waals surface area (Å²) in [7, 11) is 0. The number of nitrogens with zero attached hydrogens (tertiary/aromatic N) is 4. The van der Waals surface area contributed by atoms with Crippen molar-refractivity contribution >= 4 is 35.6 Å². The Labute approximate surface area is 172 Å². The third kappa shape index (κ3) is 4.44. The predicted molar refractivity (Wildman–Crippen MR) is 109 cm³/mol. The first-order chi connectivity index (χ1) is 13.6. The molecule has 0 saturated carbocycles. The van der Waals surface area contributed by atoms with Crippen LogP contribution in [0, 0.1) is 0 Å². The molecule has 0 aliphatic carbocycles. The van der Waals surface area contributed by atoms with Crippen molar-refractivity contribution in [2.24, 2.45) is 0 Å². The van der Waals surface area contributed by atoms with E-state index in [1.165, 1.54) is 17.3 Å². The Hall–Kier alpha value is -3.24. The second kappa shape index (κ2) is 8.84. The summed E-state index contributed by atoms with van der Waals surface area (Å²) in [5, 5.41) is 19.9. The van der Waals surface area contributed by atoms with Crippen LogP contribution in [-0.4, -0.2) is 43.3 Å². The Bertz CT molecular complexity index is 984. The lowest BCUT2D eigenvalue weighted by atomic mass is 10.1. The number of nitrogens with one attached hydrogen (secondary N) is 4. The van der Waals surface area contributed by atoms with Crippen molar-refractivity contribution in [1.82, 2.24) is 30.3 Å². The molecule has 1 aliphatic heterocycles. The molecule has 0 spiro atoms. The van der Waals surface area contributed by atoms with Crippen LogP contribution in [0.1, 0.15) is 34.7 Å². The Kier molecular flexibility index (Phi) is 6.25. The third-order valence-corrected chi connectivity index (χ3v) is 4.64. The van der Waals surface area contributed by atoms with Crippen LogP contribution in [0.2, 0.25) is 0 Å². The van der Waals surface area contributed by atoms with Crippen molar-refractivity contribution in [2.75, 3.05) is 17.2 Å². The molecule has 3 heterocycles. The molecule has 152 valence electrons. The third-order valence-electron chi connectivity index (χ3n) is 4.64. The molecule has 4 N–H and O–H groups in total. The van der Waals surface area contributed by atoms with E-state index in [4.69, 9.17) is 0 Å². The number of benzene rings is 1. The van der Waals surface area contributed by atoms with E-state index in [0.29, 0.717) is 23.6 Å². The first-order valence-electron chi connectivity index (χ1n) is 8.95. The SMILES string of the molecule is CC(C(=O)Nc1ccc(NC(=O)c2n[nH]c3c2CNCC3)cc1)n1cncn1.Cl. The van der Waals surface area contributed by atoms with Crippen molar-refractivity contribution in [3.63, 3.8) is 0 Å². The van der Waals surface area contributed by atoms with Gasteiger partial charge in [0, 0.05) is 42.1 Å². The molecule has 1 aromatic carbocycles. The summed E-state index contributed by atoms with van der Waals surface area (Å²) < 4.78 is 1.48. The quantitative estimate of drug-likeness (QED) is 0.499. The predicted octanol–water partition coefficient (Wildman–Crippen LogP) is 1.52. The van der Waals surface area contributed by atoms with Gasteiger partial charge >= 0.3 is 0 Å². The maximum Gasteiger partial charge on any atom is 0.276 e. The molecule has 3 aromatic rings. The first-order valence-corrected chi connectivity index (χ1v) is 8.95. The van der Waals surface area contributed by atoms with Gasteiger partial charge in [0.2, 0.25) is 5.91 Å². The molecule has 1 aliphatic rings. The molecule has 0 fully saturated rings. The molecule has 0 radical (unpaired) electrons. The lowest BCUT2D eigenvalue weighted by Crippen LogP contribution is -2.25. The number of rotatable bonds is 5. The molecule has 2 amide bonds. The van der Waals surface area contributed by atoms with E-state index in [1.54, 1.807) is 31.2 Å². The Balaban J connectivity index is 0.00000240. The largest absolute Gasteiger partial charge is 0.324 e. The molecular weight excluding hydrogens is 396 g/mol. The van der Waals surface area contributed by atoms with Gasteiger partial charge in [-0.15, -0.1) is 12.4 Å². The van der Waals surface area contributed by atoms with Crippen LogP contribution in [0.3, 0.4) is 0 Å². The number of hydrogen-bond donors (Lipinski definition) is 4. The number of carbonyl (C=O) groups excluding carboxylic acids is 2. The minimum Gasteiger partial charge on any atom is -0.324 e. The van der Waals surface area contributed by atoms with Gasteiger partial charge in [-0.2, -0.15) is 10.2 Å². The summed E-state index contributed by atoms with van der Waals surface area (Å²) in [5.41, 5.74) is 3.56. The first kappa shape index (κ1) is 20.5. The van der Waals surface area contributed by atoms with Crippen molar-refractivity contribution < 1.29 is 9.59 Å². The normalized spacial score (nSPS) is 13.7. The van der Waals surface area contributed by atoms with E-state index < -0.39 is 6.04 Å². The zero-order chi connectivity index (χ0) is 19.5. The molecule has 2 aromatic heterocycles. The zero-order valence-corrected chi connectivity index (χ0v) is 16.5. The zero-order valence-electron chi connectivity index (χ0n) is 15.7. The minimum absolute atomic E-state index is 0. The highest BCUT2D eigenvalue weighted by Crippen LogP contribution is 2.19. The van der Waals surface area contributed by atoms with E-state index >= 15 is 0 Å². The molecule has 1 atom stereocenters. The second-order valence-corrected chi connectivity index (χ2v) is 6.53. The van der Waals surface area contributed by atoms with Crippen molar-refractivity contribution in [1.29, 1.82) is 0 Å². The summed E-state index contributed by atoms with van der Waals surface area (Å²) in [4.78, 5) is 28.6. The number of amides is 2. The summed E-state index contributed by atoms with van der Waals surface area (Å²) in [6, 6.07) is 6.42. The fourth-order valence-electron chi connectivity index (χ4n) is 3.02. The highest BCUT2D eigenvalue weighted by Gasteiger charge is 2.21. The maximum absolute atomic E-state index is 12.5. The van der Waals surface area contributed by atoms with Crippen molar-refractivity contribution in [2.45, 2.75) is 25.9 Å². The van der Waals surface area contributed by atoms with E-state index in [0.717, 1.165) is 24.2 Å². The molecule has 0 saturated heterocycles. The number of carbonyl (C=O) groups is 2. The van der Waals surface area contributed by atoms with Crippen LogP contribution in [0.15, 0.2) is 36.9 Å². The Morgan fingerprint density at radius 3 is 2.59 bits per heavy atom. The van der Waals surface area contributed by atoms with Gasteiger partial charge in [0.1, 0.15) is 18.7 Å². The molecule has 0 bridgehead atoms. The average molecular weight is 417 g/mol. The standard InChI is InChI=1S/C18H20N8O2.ClH/c1-11(26-10-20-9-21-26)17(27)22-12-2-4-13(5-3-12)23-18(28)16-14-8-19-7-6-15(14)24-25-16;/h2-5,9-11,19H,6-8H2,1H3,(H,22,27)(H,23,28)(H,24,25);1H. The summed E-state index contributed by atoms with van der Waals surface area (Å²) >= 11 is 0. The van der Waals surface area contributed by atoms with Crippen LogP contribution in [-0.2, 0) is 17.8 Å². The molecule has 1 unspecified atom stereocenters. The van der Waals surface area contributed by atoms with Gasteiger partial charge < -0.3 is 16.0 Å². The number of aromatic amines is 1. The van der Waals surface area contributed by atoms with Crippen LogP contribution in [0.4, 0.5) is 11.4 Å². The smallest absolute Gasteiger partial charge is 0.276 e. The molecule has 29 heavy (non-hydrogen) atoms. The van der Waals surface area contributed by atoms with E-state index in [1.807, 2.05) is 0 Å². The maximum atomic E-state index is 12.5. The van der Waals surface area contributed by atoms with E-state index in [2.05, 4.69) is 36.2 Å². The van der Waals surface area contributed by atoms with Gasteiger partial charge in [0.15, 0.2) is 5.69 Å². The van der Waals surface area contributed by atoms with Gasteiger partial charge in [0.05, 0.1) is 0 Å². The lowest BCUT2D eigenvalue weighted by Gasteiger charge is -2.13. The topological polar surface area (TPSA) is 130 Å². The van der Waals surface area contributed by atoms with Gasteiger partial charge in [-0.1, -0.05) is 0 Å². The highest BCUT2D eigenvalue weighted by molar-refractivity contribution is 6.04.